The van der Waals surface area contributed by atoms with Crippen molar-refractivity contribution in [2.75, 3.05) is 0 Å². The number of hydrogen-bond donors (Lipinski definition) is 1. The number of rotatable bonds is 11. The SMILES string of the molecule is Clc1ccc(-c2cn[nH]c2)nn1.Cn1cc(-c2ccc(Cl)nn2)cn1.[B].[B]B([B])B(B([B])[B])B(B(B([B])[B])B([B])[B])B(B([B])[B])B([B])[B]. The van der Waals surface area contributed by atoms with Gasteiger partial charge in [0.2, 0.25) is 0 Å². The van der Waals surface area contributed by atoms with Crippen LogP contribution in [-0.4, -0.2) is 205 Å². The molecule has 4 aromatic heterocycles. The number of nitrogens with one attached hydrogen (secondary N) is 1. The van der Waals surface area contributed by atoms with Crippen LogP contribution in [0, 0.1) is 0 Å². The lowest BCUT2D eigenvalue weighted by atomic mass is 8.36. The van der Waals surface area contributed by atoms with Crippen LogP contribution in [-0.2, 0) is 7.05 Å². The summed E-state index contributed by atoms with van der Waals surface area (Å²) >= 11 is 11.2. The molecular weight excluding hydrogens is 612 g/mol. The smallest absolute Gasteiger partial charge is 0.151 e. The topological polar surface area (TPSA) is 98.1 Å². The third kappa shape index (κ3) is 13.8. The molecule has 0 aromatic carbocycles. The average Bonchev–Trinajstić information content (AvgIpc) is 3.66. The van der Waals surface area contributed by atoms with Crippen molar-refractivity contribution in [2.24, 2.45) is 7.05 Å². The second kappa shape index (κ2) is 21.8. The van der Waals surface area contributed by atoms with Crippen LogP contribution in [0.4, 0.5) is 0 Å². The van der Waals surface area contributed by atoms with Crippen molar-refractivity contribution in [1.29, 1.82) is 0 Å². The number of hydrogen-bond acceptors (Lipinski definition) is 6. The van der Waals surface area contributed by atoms with E-state index in [0.29, 0.717) is 10.3 Å². The van der Waals surface area contributed by atoms with E-state index in [0.717, 1.165) is 22.5 Å². The van der Waals surface area contributed by atoms with Crippen molar-refractivity contribution in [3.8, 4) is 22.5 Å². The number of H-pyrrole nitrogens is 1. The zero-order valence-corrected chi connectivity index (χ0v) is 27.8. The predicted molar refractivity (Wildman–Crippen MR) is 226 cm³/mol. The molecule has 4 aromatic rings. The molecular formula is C15H12B23Cl2N8. The molecule has 33 heteroatoms. The zero-order chi connectivity index (χ0) is 35.4. The van der Waals surface area contributed by atoms with Gasteiger partial charge in [0.25, 0.3) is 0 Å². The number of aromatic nitrogens is 8. The van der Waals surface area contributed by atoms with E-state index in [-0.39, 0.29) is 8.41 Å². The Labute approximate surface area is 315 Å². The Balaban J connectivity index is 0.000000377. The monoisotopic (exact) mass is 627 g/mol. The lowest BCUT2D eigenvalue weighted by molar-refractivity contribution is 0.768. The van der Waals surface area contributed by atoms with Crippen molar-refractivity contribution in [3.63, 3.8) is 0 Å². The molecule has 27 radical (unpaired) electrons. The maximum atomic E-state index is 5.81. The van der Waals surface area contributed by atoms with E-state index in [1.807, 2.05) is 19.3 Å². The molecule has 8 nitrogen and oxygen atoms in total. The van der Waals surface area contributed by atoms with E-state index in [2.05, 4.69) is 35.7 Å². The van der Waals surface area contributed by atoms with Gasteiger partial charge in [-0.05, 0) is 24.3 Å². The van der Waals surface area contributed by atoms with Gasteiger partial charge in [0.05, 0.1) is 23.8 Å². The molecule has 0 spiro atoms. The molecule has 0 saturated carbocycles. The van der Waals surface area contributed by atoms with E-state index >= 15 is 0 Å². The summed E-state index contributed by atoms with van der Waals surface area (Å²) < 4.78 is 1.71. The third-order valence-electron chi connectivity index (χ3n) is 7.06. The molecule has 0 aliphatic carbocycles. The Morgan fingerprint density at radius 1 is 0.562 bits per heavy atom. The van der Waals surface area contributed by atoms with E-state index < -0.39 is 63.9 Å². The molecule has 1 N–H and O–H groups in total. The number of nitrogens with zero attached hydrogens (tertiary/aromatic N) is 7. The maximum Gasteiger partial charge on any atom is 0.151 e. The van der Waals surface area contributed by atoms with Gasteiger partial charge in [-0.2, -0.15) is 10.2 Å². The van der Waals surface area contributed by atoms with E-state index in [4.69, 9.17) is 116 Å². The van der Waals surface area contributed by atoms with Crippen LogP contribution in [0.2, 0.25) is 10.3 Å². The van der Waals surface area contributed by atoms with Gasteiger partial charge in [-0.15, -0.1) is 20.4 Å². The molecule has 0 aliphatic heterocycles. The quantitative estimate of drug-likeness (QED) is 0.167. The summed E-state index contributed by atoms with van der Waals surface area (Å²) in [6.07, 6.45) is -1.30. The Bertz CT molecular complexity index is 1360. The highest BCUT2D eigenvalue weighted by molar-refractivity contribution is 8.22. The van der Waals surface area contributed by atoms with Crippen molar-refractivity contribution in [2.45, 2.75) is 0 Å². The largest absolute Gasteiger partial charge is 0.285 e. The van der Waals surface area contributed by atoms with E-state index in [1.54, 1.807) is 41.5 Å². The molecule has 195 valence electrons. The Morgan fingerprint density at radius 2 is 0.958 bits per heavy atom. The molecule has 0 saturated heterocycles. The van der Waals surface area contributed by atoms with Crippen LogP contribution >= 0.6 is 23.2 Å². The summed E-state index contributed by atoms with van der Waals surface area (Å²) in [5.41, 5.74) is 3.37. The lowest BCUT2D eigenvalue weighted by Crippen LogP contribution is -2.83. The lowest BCUT2D eigenvalue weighted by Gasteiger charge is -2.45. The summed E-state index contributed by atoms with van der Waals surface area (Å²) in [6.45, 7) is 0. The van der Waals surface area contributed by atoms with E-state index in [9.17, 15) is 0 Å². The fraction of sp³-hybridized carbons (Fsp3) is 0.0667. The number of aromatic amines is 1. The summed E-state index contributed by atoms with van der Waals surface area (Å²) in [5, 5.41) is 26.6. The van der Waals surface area contributed by atoms with Gasteiger partial charge >= 0.3 is 0 Å². The third-order valence-corrected chi connectivity index (χ3v) is 7.46. The van der Waals surface area contributed by atoms with Crippen LogP contribution in [0.25, 0.3) is 22.5 Å². The predicted octanol–water partition coefficient (Wildman–Crippen LogP) is -5.71. The minimum atomic E-state index is -0.926. The van der Waals surface area contributed by atoms with Gasteiger partial charge < -0.3 is 0 Å². The molecule has 0 atom stereocenters. The zero-order valence-electron chi connectivity index (χ0n) is 26.3. The van der Waals surface area contributed by atoms with Crippen LogP contribution in [0.5, 0.6) is 0 Å². The van der Waals surface area contributed by atoms with Crippen LogP contribution in [0.3, 0.4) is 0 Å². The van der Waals surface area contributed by atoms with Gasteiger partial charge in [0.1, 0.15) is 0 Å². The van der Waals surface area contributed by atoms with Gasteiger partial charge in [0, 0.05) is 196 Å². The molecule has 0 unspecified atom stereocenters. The molecule has 0 aliphatic rings. The summed E-state index contributed by atoms with van der Waals surface area (Å²) in [7, 11) is 71.5. The normalized spacial score (nSPS) is 9.56. The maximum absolute atomic E-state index is 5.81. The van der Waals surface area contributed by atoms with Crippen LogP contribution in [0.1, 0.15) is 0 Å². The minimum absolute atomic E-state index is 0. The first-order valence-corrected chi connectivity index (χ1v) is 14.8. The van der Waals surface area contributed by atoms with E-state index in [1.165, 1.54) is 0 Å². The van der Waals surface area contributed by atoms with Gasteiger partial charge in [0.15, 0.2) is 10.3 Å². The molecule has 4 heterocycles. The summed E-state index contributed by atoms with van der Waals surface area (Å²) in [5.74, 6) is 0. The standard InChI is InChI=1S/C8H7ClN4.C7H5ClN4.B22.B/c1-13-5-6(4-10-13)7-2-3-8(9)12-11-7;8-7-2-1-6(11-12-7)5-3-9-10-4-5;1-13(2)19(14(3)4)22(20(15(5)6)16(7)8)21(17(9)10)18(11)12;/h2-5H,1H3;1-4H,(H,9,10);;. The summed E-state index contributed by atoms with van der Waals surface area (Å²) in [4.78, 5) is 0. The first kappa shape index (κ1) is 44.7. The fourth-order valence-corrected chi connectivity index (χ4v) is 5.17. The molecule has 4 rings (SSSR count). The van der Waals surface area contributed by atoms with Gasteiger partial charge in [-0.1, -0.05) is 23.2 Å². The van der Waals surface area contributed by atoms with Crippen molar-refractivity contribution in [3.05, 3.63) is 59.4 Å². The molecule has 48 heavy (non-hydrogen) atoms. The van der Waals surface area contributed by atoms with Gasteiger partial charge in [-0.3, -0.25) is 9.78 Å². The number of halogens is 2. The van der Waals surface area contributed by atoms with Crippen molar-refractivity contribution < 1.29 is 0 Å². The highest BCUT2D eigenvalue weighted by atomic mass is 35.5. The van der Waals surface area contributed by atoms with Crippen molar-refractivity contribution in [1.82, 2.24) is 40.4 Å². The molecule has 0 fully saturated rings. The van der Waals surface area contributed by atoms with Crippen LogP contribution in [0.15, 0.2) is 49.1 Å². The first-order chi connectivity index (χ1) is 22.0. The Hall–Kier alpha value is -1.35. The Kier molecular flexibility index (Phi) is 20.3. The second-order valence-corrected chi connectivity index (χ2v) is 11.4. The summed E-state index contributed by atoms with van der Waals surface area (Å²) in [6, 6.07) is 7.00. The Morgan fingerprint density at radius 3 is 1.23 bits per heavy atom. The van der Waals surface area contributed by atoms with Crippen LogP contribution < -0.4 is 0 Å². The second-order valence-electron chi connectivity index (χ2n) is 10.6. The van der Waals surface area contributed by atoms with Gasteiger partial charge in [-0.25, -0.2) is 0 Å². The average molecular weight is 624 g/mol. The molecule has 0 amide bonds. The fourth-order valence-electron chi connectivity index (χ4n) is 4.96. The molecule has 0 bridgehead atoms. The highest BCUT2D eigenvalue weighted by Crippen LogP contribution is 2.16. The number of aryl methyl sites for hydroxylation is 1. The minimum Gasteiger partial charge on any atom is -0.285 e. The van der Waals surface area contributed by atoms with Crippen molar-refractivity contribution >= 4 is 188 Å². The first-order valence-electron chi connectivity index (χ1n) is 14.1. The highest BCUT2D eigenvalue weighted by Gasteiger charge is 2.46.